The van der Waals surface area contributed by atoms with Crippen molar-refractivity contribution in [1.29, 1.82) is 0 Å². The van der Waals surface area contributed by atoms with E-state index in [4.69, 9.17) is 4.74 Å². The topological polar surface area (TPSA) is 27.7 Å². The Kier molecular flexibility index (Phi) is 7.15. The molecular formula is C14H31N3O. The molecule has 0 radical (unpaired) electrons. The van der Waals surface area contributed by atoms with Crippen LogP contribution in [0.5, 0.6) is 0 Å². The molecule has 4 nitrogen and oxygen atoms in total. The lowest BCUT2D eigenvalue weighted by Crippen LogP contribution is -2.53. The molecule has 0 aromatic heterocycles. The summed E-state index contributed by atoms with van der Waals surface area (Å²) in [6.45, 7) is 15.9. The second-order valence-corrected chi connectivity index (χ2v) is 6.10. The Morgan fingerprint density at radius 3 is 2.28 bits per heavy atom. The Labute approximate surface area is 113 Å². The van der Waals surface area contributed by atoms with Gasteiger partial charge in [0.2, 0.25) is 0 Å². The molecule has 1 N–H and O–H groups in total. The van der Waals surface area contributed by atoms with E-state index in [2.05, 4.69) is 35.9 Å². The molecule has 1 aliphatic heterocycles. The lowest BCUT2D eigenvalue weighted by molar-refractivity contribution is 0.0619. The fourth-order valence-electron chi connectivity index (χ4n) is 2.37. The van der Waals surface area contributed by atoms with Gasteiger partial charge < -0.3 is 15.0 Å². The fraction of sp³-hybridized carbons (Fsp3) is 1.00. The fourth-order valence-corrected chi connectivity index (χ4v) is 2.37. The molecule has 1 rings (SSSR count). The second kappa shape index (κ2) is 8.10. The number of hydrogen-bond acceptors (Lipinski definition) is 4. The predicted octanol–water partition coefficient (Wildman–Crippen LogP) is 1.03. The molecule has 108 valence electrons. The highest BCUT2D eigenvalue weighted by molar-refractivity contribution is 4.81. The molecule has 0 saturated carbocycles. The predicted molar refractivity (Wildman–Crippen MR) is 77.1 cm³/mol. The molecule has 0 unspecified atom stereocenters. The number of methoxy groups -OCH3 is 1. The Morgan fingerprint density at radius 2 is 1.72 bits per heavy atom. The van der Waals surface area contributed by atoms with Crippen LogP contribution in [-0.4, -0.2) is 74.9 Å². The van der Waals surface area contributed by atoms with Crippen molar-refractivity contribution in [2.45, 2.75) is 32.7 Å². The first-order chi connectivity index (χ1) is 8.54. The monoisotopic (exact) mass is 257 g/mol. The van der Waals surface area contributed by atoms with Crippen molar-refractivity contribution in [3.05, 3.63) is 0 Å². The molecule has 0 atom stereocenters. The van der Waals surface area contributed by atoms with Gasteiger partial charge in [-0.3, -0.25) is 4.90 Å². The average Bonchev–Trinajstić information content (AvgIpc) is 2.33. The summed E-state index contributed by atoms with van der Waals surface area (Å²) < 4.78 is 5.00. The highest BCUT2D eigenvalue weighted by Crippen LogP contribution is 2.15. The van der Waals surface area contributed by atoms with Crippen molar-refractivity contribution in [2.24, 2.45) is 0 Å². The van der Waals surface area contributed by atoms with Crippen LogP contribution in [0.3, 0.4) is 0 Å². The van der Waals surface area contributed by atoms with Crippen LogP contribution in [0, 0.1) is 0 Å². The van der Waals surface area contributed by atoms with E-state index in [-0.39, 0.29) is 0 Å². The molecule has 0 bridgehead atoms. The van der Waals surface area contributed by atoms with E-state index in [9.17, 15) is 0 Å². The summed E-state index contributed by atoms with van der Waals surface area (Å²) in [6, 6.07) is 0. The number of nitrogens with zero attached hydrogens (tertiary/aromatic N) is 2. The molecule has 1 heterocycles. The van der Waals surface area contributed by atoms with E-state index in [1.165, 1.54) is 39.1 Å². The standard InChI is InChI=1S/C14H31N3O/c1-14(2,3)17-11-9-16(10-12-17)8-5-6-15-7-13-18-4/h15H,5-13H2,1-4H3. The first kappa shape index (κ1) is 15.9. The first-order valence-electron chi connectivity index (χ1n) is 7.21. The van der Waals surface area contributed by atoms with Crippen molar-refractivity contribution in [3.8, 4) is 0 Å². The number of hydrogen-bond donors (Lipinski definition) is 1. The number of nitrogens with one attached hydrogen (secondary N) is 1. The minimum atomic E-state index is 0.327. The van der Waals surface area contributed by atoms with Crippen LogP contribution < -0.4 is 5.32 Å². The highest BCUT2D eigenvalue weighted by Gasteiger charge is 2.25. The smallest absolute Gasteiger partial charge is 0.0587 e. The summed E-state index contributed by atoms with van der Waals surface area (Å²) in [4.78, 5) is 5.17. The van der Waals surface area contributed by atoms with E-state index in [0.29, 0.717) is 5.54 Å². The molecule has 1 fully saturated rings. The summed E-state index contributed by atoms with van der Waals surface area (Å²) in [6.07, 6.45) is 1.24. The first-order valence-corrected chi connectivity index (χ1v) is 7.21. The maximum absolute atomic E-state index is 5.00. The van der Waals surface area contributed by atoms with Crippen molar-refractivity contribution in [2.75, 3.05) is 59.5 Å². The van der Waals surface area contributed by atoms with Crippen LogP contribution in [-0.2, 0) is 4.74 Å². The quantitative estimate of drug-likeness (QED) is 0.690. The second-order valence-electron chi connectivity index (χ2n) is 6.10. The van der Waals surface area contributed by atoms with Gasteiger partial charge in [0.1, 0.15) is 0 Å². The lowest BCUT2D eigenvalue weighted by Gasteiger charge is -2.42. The summed E-state index contributed by atoms with van der Waals surface area (Å²) in [5, 5.41) is 3.40. The number of ether oxygens (including phenoxy) is 1. The van der Waals surface area contributed by atoms with E-state index < -0.39 is 0 Å². The van der Waals surface area contributed by atoms with Gasteiger partial charge in [-0.05, 0) is 40.3 Å². The lowest BCUT2D eigenvalue weighted by atomic mass is 10.0. The largest absolute Gasteiger partial charge is 0.383 e. The van der Waals surface area contributed by atoms with Gasteiger partial charge in [-0.15, -0.1) is 0 Å². The van der Waals surface area contributed by atoms with Gasteiger partial charge in [-0.2, -0.15) is 0 Å². The van der Waals surface area contributed by atoms with Gasteiger partial charge in [-0.25, -0.2) is 0 Å². The van der Waals surface area contributed by atoms with Gasteiger partial charge in [0.05, 0.1) is 6.61 Å². The normalized spacial score (nSPS) is 19.3. The number of rotatable bonds is 7. The number of piperazine rings is 1. The molecule has 18 heavy (non-hydrogen) atoms. The van der Waals surface area contributed by atoms with Crippen LogP contribution in [0.15, 0.2) is 0 Å². The van der Waals surface area contributed by atoms with Crippen molar-refractivity contribution in [3.63, 3.8) is 0 Å². The third-order valence-corrected chi connectivity index (χ3v) is 3.63. The SMILES string of the molecule is COCCNCCCN1CCN(C(C)(C)C)CC1. The Hall–Kier alpha value is -0.160. The minimum absolute atomic E-state index is 0.327. The van der Waals surface area contributed by atoms with Crippen molar-refractivity contribution in [1.82, 2.24) is 15.1 Å². The summed E-state index contributed by atoms with van der Waals surface area (Å²) in [5.41, 5.74) is 0.327. The van der Waals surface area contributed by atoms with E-state index in [1.54, 1.807) is 7.11 Å². The zero-order chi connectivity index (χ0) is 13.4. The van der Waals surface area contributed by atoms with E-state index in [1.807, 2.05) is 0 Å². The van der Waals surface area contributed by atoms with Crippen LogP contribution in [0.4, 0.5) is 0 Å². The molecule has 1 saturated heterocycles. The van der Waals surface area contributed by atoms with E-state index in [0.717, 1.165) is 19.7 Å². The molecule has 1 aliphatic rings. The highest BCUT2D eigenvalue weighted by atomic mass is 16.5. The van der Waals surface area contributed by atoms with Crippen LogP contribution in [0.25, 0.3) is 0 Å². The molecular weight excluding hydrogens is 226 g/mol. The Balaban J connectivity index is 2.02. The maximum Gasteiger partial charge on any atom is 0.0587 e. The molecule has 0 aromatic rings. The van der Waals surface area contributed by atoms with Crippen LogP contribution in [0.2, 0.25) is 0 Å². The summed E-state index contributed by atoms with van der Waals surface area (Å²) in [5.74, 6) is 0. The van der Waals surface area contributed by atoms with Gasteiger partial charge in [-0.1, -0.05) is 0 Å². The van der Waals surface area contributed by atoms with E-state index >= 15 is 0 Å². The van der Waals surface area contributed by atoms with Gasteiger partial charge in [0, 0.05) is 45.4 Å². The zero-order valence-electron chi connectivity index (χ0n) is 12.7. The summed E-state index contributed by atoms with van der Waals surface area (Å²) >= 11 is 0. The van der Waals surface area contributed by atoms with Gasteiger partial charge in [0.25, 0.3) is 0 Å². The Bertz CT molecular complexity index is 208. The van der Waals surface area contributed by atoms with Crippen LogP contribution >= 0.6 is 0 Å². The Morgan fingerprint density at radius 1 is 1.06 bits per heavy atom. The molecule has 0 aromatic carbocycles. The van der Waals surface area contributed by atoms with Crippen molar-refractivity contribution < 1.29 is 4.74 Å². The molecule has 0 amide bonds. The van der Waals surface area contributed by atoms with Crippen molar-refractivity contribution >= 4 is 0 Å². The van der Waals surface area contributed by atoms with Crippen LogP contribution in [0.1, 0.15) is 27.2 Å². The maximum atomic E-state index is 5.00. The minimum Gasteiger partial charge on any atom is -0.383 e. The average molecular weight is 257 g/mol. The third kappa shape index (κ3) is 6.14. The van der Waals surface area contributed by atoms with Gasteiger partial charge in [0.15, 0.2) is 0 Å². The third-order valence-electron chi connectivity index (χ3n) is 3.63. The summed E-state index contributed by atoms with van der Waals surface area (Å²) in [7, 11) is 1.75. The zero-order valence-corrected chi connectivity index (χ0v) is 12.7. The van der Waals surface area contributed by atoms with Gasteiger partial charge >= 0.3 is 0 Å². The molecule has 0 spiro atoms. The molecule has 4 heteroatoms. The molecule has 0 aliphatic carbocycles.